The lowest BCUT2D eigenvalue weighted by Gasteiger charge is -2.26. The molecule has 5 rings (SSSR count). The van der Waals surface area contributed by atoms with Crippen molar-refractivity contribution in [2.45, 2.75) is 20.8 Å². The Balaban J connectivity index is 1.51. The molecule has 0 aromatic heterocycles. The molecule has 0 aliphatic carbocycles. The number of ether oxygens (including phenoxy) is 1. The van der Waals surface area contributed by atoms with Gasteiger partial charge >= 0.3 is 5.97 Å². The number of nitrogens with zero attached hydrogens (tertiary/aromatic N) is 1. The number of anilines is 3. The first-order chi connectivity index (χ1) is 21.9. The molecule has 5 heteroatoms. The smallest absolute Gasteiger partial charge is 0.335 e. The van der Waals surface area contributed by atoms with Gasteiger partial charge in [0.05, 0.1) is 0 Å². The van der Waals surface area contributed by atoms with Gasteiger partial charge < -0.3 is 9.64 Å². The molecule has 224 valence electrons. The van der Waals surface area contributed by atoms with Crippen LogP contribution in [0.2, 0.25) is 0 Å². The summed E-state index contributed by atoms with van der Waals surface area (Å²) in [7, 11) is 0. The molecule has 0 spiro atoms. The lowest BCUT2D eigenvalue weighted by molar-refractivity contribution is -0.149. The Hall–Kier alpha value is -5.81. The van der Waals surface area contributed by atoms with Crippen LogP contribution in [0, 0.1) is 13.8 Å². The van der Waals surface area contributed by atoms with Gasteiger partial charge in [-0.25, -0.2) is 4.79 Å². The number of carbonyl (C=O) groups excluding carboxylic acids is 1. The first-order valence-electron chi connectivity index (χ1n) is 14.7. The van der Waals surface area contributed by atoms with Gasteiger partial charge in [0.25, 0.3) is 0 Å². The van der Waals surface area contributed by atoms with E-state index in [0.29, 0.717) is 11.5 Å². The lowest BCUT2D eigenvalue weighted by atomic mass is 9.95. The molecule has 5 aromatic rings. The Bertz CT molecular complexity index is 1740. The van der Waals surface area contributed by atoms with Crippen LogP contribution in [-0.2, 0) is 9.68 Å². The van der Waals surface area contributed by atoms with E-state index < -0.39 is 5.97 Å². The number of allylic oxidation sites excluding steroid dienone is 1. The normalized spacial score (nSPS) is 11.2. The molecule has 5 nitrogen and oxygen atoms in total. The zero-order valence-electron chi connectivity index (χ0n) is 25.6. The Morgan fingerprint density at radius 3 is 1.58 bits per heavy atom. The molecule has 45 heavy (non-hydrogen) atoms. The Morgan fingerprint density at radius 2 is 1.11 bits per heavy atom. The molecule has 5 aromatic carbocycles. The third-order valence-electron chi connectivity index (χ3n) is 7.10. The summed E-state index contributed by atoms with van der Waals surface area (Å²) in [6.45, 7) is 9.51. The summed E-state index contributed by atoms with van der Waals surface area (Å²) in [5, 5.41) is 0. The van der Waals surface area contributed by atoms with E-state index in [9.17, 15) is 4.79 Å². The molecule has 0 radical (unpaired) electrons. The summed E-state index contributed by atoms with van der Waals surface area (Å²) in [4.78, 5) is 24.3. The van der Waals surface area contributed by atoms with E-state index in [1.54, 1.807) is 18.2 Å². The monoisotopic (exact) mass is 593 g/mol. The second-order valence-electron chi connectivity index (χ2n) is 10.5. The van der Waals surface area contributed by atoms with E-state index in [2.05, 4.69) is 104 Å². The van der Waals surface area contributed by atoms with Gasteiger partial charge in [-0.3, -0.25) is 9.78 Å². The third kappa shape index (κ3) is 7.98. The van der Waals surface area contributed by atoms with Crippen LogP contribution in [-0.4, -0.2) is 5.97 Å². The maximum absolute atomic E-state index is 11.7. The second kappa shape index (κ2) is 14.6. The quantitative estimate of drug-likeness (QED) is 0.0290. The highest BCUT2D eigenvalue weighted by molar-refractivity contribution is 5.92. The predicted molar refractivity (Wildman–Crippen MR) is 183 cm³/mol. The standard InChI is InChI=1S/C40H35NO4/c1-5-27-43-45-38-25-15-33(16-26-38)39(32-13-23-37(24-14-32)44-40(42)6-2)28-31-11-21-36(22-12-31)41(34-17-7-29(3)8-18-34)35-19-9-30(4)10-20-35/h5-28H,2H2,1,3-4H3. The van der Waals surface area contributed by atoms with Gasteiger partial charge in [-0.15, -0.1) is 0 Å². The molecule has 0 saturated heterocycles. The van der Waals surface area contributed by atoms with E-state index in [-0.39, 0.29) is 0 Å². The van der Waals surface area contributed by atoms with Crippen molar-refractivity contribution in [3.63, 3.8) is 0 Å². The highest BCUT2D eigenvalue weighted by atomic mass is 17.2. The van der Waals surface area contributed by atoms with Crippen LogP contribution in [0.3, 0.4) is 0 Å². The zero-order valence-corrected chi connectivity index (χ0v) is 25.6. The Morgan fingerprint density at radius 1 is 0.644 bits per heavy atom. The van der Waals surface area contributed by atoms with Crippen LogP contribution in [0.4, 0.5) is 17.1 Å². The Labute approximate surface area is 264 Å². The molecular formula is C40H35NO4. The van der Waals surface area contributed by atoms with Crippen molar-refractivity contribution in [1.29, 1.82) is 0 Å². The highest BCUT2D eigenvalue weighted by Crippen LogP contribution is 2.36. The van der Waals surface area contributed by atoms with Crippen molar-refractivity contribution in [3.05, 3.63) is 174 Å². The van der Waals surface area contributed by atoms with Gasteiger partial charge in [0.2, 0.25) is 0 Å². The molecule has 0 amide bonds. The van der Waals surface area contributed by atoms with Crippen LogP contribution in [0.15, 0.2) is 146 Å². The number of benzene rings is 5. The van der Waals surface area contributed by atoms with Crippen molar-refractivity contribution in [3.8, 4) is 11.5 Å². The van der Waals surface area contributed by atoms with Crippen molar-refractivity contribution >= 4 is 34.7 Å². The van der Waals surface area contributed by atoms with E-state index >= 15 is 0 Å². The van der Waals surface area contributed by atoms with E-state index in [1.165, 1.54) is 17.4 Å². The van der Waals surface area contributed by atoms with Crippen molar-refractivity contribution in [1.82, 2.24) is 0 Å². The summed E-state index contributed by atoms with van der Waals surface area (Å²) in [6, 6.07) is 40.7. The van der Waals surface area contributed by atoms with Crippen molar-refractivity contribution in [2.24, 2.45) is 0 Å². The summed E-state index contributed by atoms with van der Waals surface area (Å²) < 4.78 is 5.29. The topological polar surface area (TPSA) is 48.0 Å². The fraction of sp³-hybridized carbons (Fsp3) is 0.0750. The Kier molecular flexibility index (Phi) is 9.93. The van der Waals surface area contributed by atoms with Crippen LogP contribution >= 0.6 is 0 Å². The minimum Gasteiger partial charge on any atom is -0.423 e. The summed E-state index contributed by atoms with van der Waals surface area (Å²) in [5.74, 6) is 0.531. The van der Waals surface area contributed by atoms with Gasteiger partial charge in [-0.05, 0) is 116 Å². The number of hydrogen-bond acceptors (Lipinski definition) is 5. The molecule has 0 heterocycles. The number of carbonyl (C=O) groups is 1. The molecule has 0 aliphatic rings. The lowest BCUT2D eigenvalue weighted by Crippen LogP contribution is -2.09. The van der Waals surface area contributed by atoms with Gasteiger partial charge in [-0.2, -0.15) is 0 Å². The summed E-state index contributed by atoms with van der Waals surface area (Å²) in [5.41, 5.74) is 9.61. The average Bonchev–Trinajstić information content (AvgIpc) is 3.07. The molecular weight excluding hydrogens is 558 g/mol. The minimum atomic E-state index is -0.500. The fourth-order valence-corrected chi connectivity index (χ4v) is 4.74. The van der Waals surface area contributed by atoms with Crippen molar-refractivity contribution in [2.75, 3.05) is 4.90 Å². The van der Waals surface area contributed by atoms with Gasteiger partial charge in [-0.1, -0.05) is 78.4 Å². The van der Waals surface area contributed by atoms with E-state index in [4.69, 9.17) is 14.5 Å². The molecule has 0 saturated carbocycles. The van der Waals surface area contributed by atoms with Gasteiger partial charge in [0.15, 0.2) is 5.75 Å². The summed E-state index contributed by atoms with van der Waals surface area (Å²) >= 11 is 0. The van der Waals surface area contributed by atoms with Crippen LogP contribution in [0.1, 0.15) is 34.7 Å². The minimum absolute atomic E-state index is 0.449. The number of aryl methyl sites for hydroxylation is 2. The number of hydrogen-bond donors (Lipinski definition) is 0. The molecule has 0 fully saturated rings. The maximum atomic E-state index is 11.7. The molecule has 0 bridgehead atoms. The van der Waals surface area contributed by atoms with Crippen LogP contribution < -0.4 is 14.5 Å². The number of esters is 1. The van der Waals surface area contributed by atoms with E-state index in [0.717, 1.165) is 45.4 Å². The number of rotatable bonds is 11. The van der Waals surface area contributed by atoms with Crippen LogP contribution in [0.5, 0.6) is 11.5 Å². The van der Waals surface area contributed by atoms with Gasteiger partial charge in [0.1, 0.15) is 12.0 Å². The first kappa shape index (κ1) is 30.6. The molecule has 0 N–H and O–H groups in total. The van der Waals surface area contributed by atoms with Crippen molar-refractivity contribution < 1.29 is 19.3 Å². The van der Waals surface area contributed by atoms with Crippen LogP contribution in [0.25, 0.3) is 11.6 Å². The fourth-order valence-electron chi connectivity index (χ4n) is 4.74. The zero-order chi connectivity index (χ0) is 31.6. The largest absolute Gasteiger partial charge is 0.423 e. The predicted octanol–water partition coefficient (Wildman–Crippen LogP) is 10.3. The second-order valence-corrected chi connectivity index (χ2v) is 10.5. The highest BCUT2D eigenvalue weighted by Gasteiger charge is 2.13. The molecule has 0 unspecified atom stereocenters. The maximum Gasteiger partial charge on any atom is 0.335 e. The summed E-state index contributed by atoms with van der Waals surface area (Å²) in [6.07, 6.45) is 6.51. The third-order valence-corrected chi connectivity index (χ3v) is 7.10. The van der Waals surface area contributed by atoms with E-state index in [1.807, 2.05) is 43.3 Å². The first-order valence-corrected chi connectivity index (χ1v) is 14.7. The molecule has 0 atom stereocenters. The average molecular weight is 594 g/mol. The SMILES string of the molecule is C=CC(=O)Oc1ccc(C(=Cc2ccc(N(c3ccc(C)cc3)c3ccc(C)cc3)cc2)c2ccc(OOC=CC)cc2)cc1. The van der Waals surface area contributed by atoms with Gasteiger partial charge in [0, 0.05) is 23.1 Å². The molecule has 0 aliphatic heterocycles.